The quantitative estimate of drug-likeness (QED) is 0.861. The van der Waals surface area contributed by atoms with Gasteiger partial charge in [-0.1, -0.05) is 29.8 Å². The third kappa shape index (κ3) is 3.54. The molecule has 2 rings (SSSR count). The molecule has 0 bridgehead atoms. The van der Waals surface area contributed by atoms with E-state index in [4.69, 9.17) is 23.2 Å². The molecule has 0 N–H and O–H groups in total. The molecule has 21 heavy (non-hydrogen) atoms. The molecule has 112 valence electrons. The van der Waals surface area contributed by atoms with Crippen molar-refractivity contribution >= 4 is 35.1 Å². The molecule has 0 amide bonds. The summed E-state index contributed by atoms with van der Waals surface area (Å²) in [5.41, 5.74) is 1.00. The molecule has 0 saturated heterocycles. The molecule has 0 spiro atoms. The Labute approximate surface area is 134 Å². The van der Waals surface area contributed by atoms with Gasteiger partial charge in [0.2, 0.25) is 17.2 Å². The summed E-state index contributed by atoms with van der Waals surface area (Å²) in [6.45, 7) is 2.04. The van der Waals surface area contributed by atoms with Crippen LogP contribution in [-0.4, -0.2) is 36.1 Å². The third-order valence-electron chi connectivity index (χ3n) is 3.24. The summed E-state index contributed by atoms with van der Waals surface area (Å²) in [4.78, 5) is 16.4. The zero-order valence-electron chi connectivity index (χ0n) is 12.4. The molecule has 0 radical (unpaired) electrons. The Morgan fingerprint density at radius 2 is 1.57 bits per heavy atom. The maximum Gasteiger partial charge on any atom is 0.231 e. The Kier molecular flexibility index (Phi) is 4.85. The van der Waals surface area contributed by atoms with E-state index >= 15 is 0 Å². The molecule has 0 aliphatic rings. The number of hydrogen-bond donors (Lipinski definition) is 0. The molecule has 0 saturated carbocycles. The van der Waals surface area contributed by atoms with Crippen molar-refractivity contribution in [3.8, 4) is 0 Å². The molecular formula is C14H17Cl2N5. The predicted octanol–water partition coefficient (Wildman–Crippen LogP) is 3.44. The van der Waals surface area contributed by atoms with Gasteiger partial charge in [-0.15, -0.1) is 0 Å². The van der Waals surface area contributed by atoms with Gasteiger partial charge in [-0.2, -0.15) is 15.0 Å². The molecule has 1 unspecified atom stereocenters. The second-order valence-corrected chi connectivity index (χ2v) is 5.65. The first-order valence-electron chi connectivity index (χ1n) is 6.46. The molecule has 1 aromatic carbocycles. The second kappa shape index (κ2) is 6.45. The van der Waals surface area contributed by atoms with Crippen molar-refractivity contribution in [2.75, 3.05) is 30.9 Å². The van der Waals surface area contributed by atoms with E-state index in [-0.39, 0.29) is 11.3 Å². The van der Waals surface area contributed by atoms with Gasteiger partial charge < -0.3 is 9.80 Å². The van der Waals surface area contributed by atoms with E-state index in [1.807, 2.05) is 57.2 Å². The Hall–Kier alpha value is -1.59. The average molecular weight is 326 g/mol. The van der Waals surface area contributed by atoms with Crippen LogP contribution in [0.2, 0.25) is 10.3 Å². The number of benzene rings is 1. The zero-order valence-corrected chi connectivity index (χ0v) is 13.9. The number of aromatic nitrogens is 3. The summed E-state index contributed by atoms with van der Waals surface area (Å²) in [7, 11) is 5.61. The fraction of sp³-hybridized carbons (Fsp3) is 0.357. The predicted molar refractivity (Wildman–Crippen MR) is 87.4 cm³/mol. The van der Waals surface area contributed by atoms with Crippen LogP contribution in [0.1, 0.15) is 18.5 Å². The summed E-state index contributed by atoms with van der Waals surface area (Å²) >= 11 is 12.2. The van der Waals surface area contributed by atoms with E-state index in [2.05, 4.69) is 15.0 Å². The average Bonchev–Trinajstić information content (AvgIpc) is 2.45. The largest absolute Gasteiger partial charge is 0.347 e. The molecule has 0 aliphatic carbocycles. The van der Waals surface area contributed by atoms with Crippen LogP contribution >= 0.6 is 23.2 Å². The van der Waals surface area contributed by atoms with Crippen LogP contribution < -0.4 is 9.80 Å². The van der Waals surface area contributed by atoms with Gasteiger partial charge in [0.15, 0.2) is 0 Å². The van der Waals surface area contributed by atoms with Gasteiger partial charge in [-0.05, 0) is 30.2 Å². The van der Waals surface area contributed by atoms with Crippen LogP contribution in [0.3, 0.4) is 0 Å². The summed E-state index contributed by atoms with van der Waals surface area (Å²) in [5, 5.41) is 0.881. The summed E-state index contributed by atoms with van der Waals surface area (Å²) in [6.07, 6.45) is 0. The van der Waals surface area contributed by atoms with Crippen molar-refractivity contribution in [1.29, 1.82) is 0 Å². The van der Waals surface area contributed by atoms with E-state index in [1.165, 1.54) is 0 Å². The van der Waals surface area contributed by atoms with Crippen molar-refractivity contribution < 1.29 is 0 Å². The van der Waals surface area contributed by atoms with Gasteiger partial charge in [0.25, 0.3) is 0 Å². The first-order chi connectivity index (χ1) is 9.90. The van der Waals surface area contributed by atoms with Gasteiger partial charge >= 0.3 is 0 Å². The highest BCUT2D eigenvalue weighted by Gasteiger charge is 2.18. The molecule has 1 heterocycles. The molecular weight excluding hydrogens is 309 g/mol. The van der Waals surface area contributed by atoms with Crippen molar-refractivity contribution in [2.45, 2.75) is 13.0 Å². The maximum atomic E-state index is 6.25. The number of nitrogens with zero attached hydrogens (tertiary/aromatic N) is 5. The van der Waals surface area contributed by atoms with E-state index in [0.29, 0.717) is 16.9 Å². The second-order valence-electron chi connectivity index (χ2n) is 4.91. The standard InChI is InChI=1S/C14H17Cl2N5/c1-9(10-7-5-6-8-11(10)15)21(4)14-18-12(16)17-13(19-14)20(2)3/h5-9H,1-4H3. The van der Waals surface area contributed by atoms with Crippen LogP contribution in [0.15, 0.2) is 24.3 Å². The number of halogens is 2. The fourth-order valence-electron chi connectivity index (χ4n) is 1.88. The molecule has 1 atom stereocenters. The van der Waals surface area contributed by atoms with Crippen LogP contribution in [0, 0.1) is 0 Å². The number of anilines is 2. The van der Waals surface area contributed by atoms with Crippen molar-refractivity contribution in [1.82, 2.24) is 15.0 Å². The van der Waals surface area contributed by atoms with Gasteiger partial charge in [0, 0.05) is 26.2 Å². The van der Waals surface area contributed by atoms with Gasteiger partial charge in [0.1, 0.15) is 0 Å². The van der Waals surface area contributed by atoms with Crippen LogP contribution in [0.5, 0.6) is 0 Å². The number of rotatable bonds is 4. The minimum Gasteiger partial charge on any atom is -0.347 e. The monoisotopic (exact) mass is 325 g/mol. The van der Waals surface area contributed by atoms with Crippen LogP contribution in [0.25, 0.3) is 0 Å². The Morgan fingerprint density at radius 1 is 0.952 bits per heavy atom. The minimum atomic E-state index is 0.00665. The van der Waals surface area contributed by atoms with Crippen LogP contribution in [-0.2, 0) is 0 Å². The maximum absolute atomic E-state index is 6.25. The molecule has 2 aromatic rings. The molecule has 0 aliphatic heterocycles. The van der Waals surface area contributed by atoms with Crippen molar-refractivity contribution in [3.63, 3.8) is 0 Å². The minimum absolute atomic E-state index is 0.00665. The Balaban J connectivity index is 2.35. The number of hydrogen-bond acceptors (Lipinski definition) is 5. The van der Waals surface area contributed by atoms with Crippen molar-refractivity contribution in [2.24, 2.45) is 0 Å². The molecule has 5 nitrogen and oxygen atoms in total. The normalized spacial score (nSPS) is 12.1. The lowest BCUT2D eigenvalue weighted by atomic mass is 10.1. The third-order valence-corrected chi connectivity index (χ3v) is 3.75. The van der Waals surface area contributed by atoms with Crippen molar-refractivity contribution in [3.05, 3.63) is 40.1 Å². The zero-order chi connectivity index (χ0) is 15.6. The highest BCUT2D eigenvalue weighted by atomic mass is 35.5. The van der Waals surface area contributed by atoms with Crippen LogP contribution in [0.4, 0.5) is 11.9 Å². The Morgan fingerprint density at radius 3 is 2.19 bits per heavy atom. The Bertz CT molecular complexity index is 633. The highest BCUT2D eigenvalue weighted by Crippen LogP contribution is 2.29. The summed E-state index contributed by atoms with van der Waals surface area (Å²) in [5.74, 6) is 1.02. The summed E-state index contributed by atoms with van der Waals surface area (Å²) in [6, 6.07) is 7.72. The van der Waals surface area contributed by atoms with Gasteiger partial charge in [-0.25, -0.2) is 0 Å². The SMILES string of the molecule is CC(c1ccccc1Cl)N(C)c1nc(Cl)nc(N(C)C)n1. The first-order valence-corrected chi connectivity index (χ1v) is 7.22. The first kappa shape index (κ1) is 15.8. The molecule has 7 heteroatoms. The molecule has 0 fully saturated rings. The lowest BCUT2D eigenvalue weighted by Crippen LogP contribution is -2.25. The lowest BCUT2D eigenvalue weighted by molar-refractivity contribution is 0.710. The topological polar surface area (TPSA) is 45.2 Å². The summed E-state index contributed by atoms with van der Waals surface area (Å²) < 4.78 is 0. The van der Waals surface area contributed by atoms with E-state index in [1.54, 1.807) is 4.90 Å². The van der Waals surface area contributed by atoms with E-state index in [0.717, 1.165) is 5.56 Å². The van der Waals surface area contributed by atoms with Gasteiger partial charge in [0.05, 0.1) is 6.04 Å². The highest BCUT2D eigenvalue weighted by molar-refractivity contribution is 6.31. The lowest BCUT2D eigenvalue weighted by Gasteiger charge is -2.26. The fourth-order valence-corrected chi connectivity index (χ4v) is 2.33. The molecule has 1 aromatic heterocycles. The van der Waals surface area contributed by atoms with E-state index < -0.39 is 0 Å². The van der Waals surface area contributed by atoms with Gasteiger partial charge in [-0.3, -0.25) is 0 Å². The van der Waals surface area contributed by atoms with E-state index in [9.17, 15) is 0 Å². The smallest absolute Gasteiger partial charge is 0.231 e.